The van der Waals surface area contributed by atoms with Gasteiger partial charge in [0.05, 0.1) is 6.04 Å². The van der Waals surface area contributed by atoms with Crippen LogP contribution in [0.3, 0.4) is 0 Å². The molecule has 0 saturated carbocycles. The maximum atomic E-state index is 8.98. The number of hydrogen-bond donors (Lipinski definition) is 2. The van der Waals surface area contributed by atoms with E-state index in [4.69, 9.17) is 5.11 Å². The molecule has 0 saturated heterocycles. The number of hydrogen-bond acceptors (Lipinski definition) is 2. The molecule has 2 rings (SSSR count). The van der Waals surface area contributed by atoms with E-state index >= 15 is 0 Å². The summed E-state index contributed by atoms with van der Waals surface area (Å²) in [5, 5.41) is 12.5. The molecule has 0 amide bonds. The number of nitrogens with one attached hydrogen (secondary N) is 1. The minimum atomic E-state index is 0.183. The van der Waals surface area contributed by atoms with Crippen molar-refractivity contribution in [2.45, 2.75) is 26.3 Å². The normalized spacial score (nSPS) is 12.3. The number of benzene rings is 2. The van der Waals surface area contributed by atoms with Gasteiger partial charge in [0, 0.05) is 6.61 Å². The molecule has 2 aromatic rings. The zero-order chi connectivity index (χ0) is 14.4. The molecule has 1 atom stereocenters. The predicted molar refractivity (Wildman–Crippen MR) is 83.9 cm³/mol. The molecule has 0 aliphatic heterocycles. The molecule has 0 aliphatic rings. The Balaban J connectivity index is 2.33. The van der Waals surface area contributed by atoms with Crippen LogP contribution in [0, 0.1) is 13.8 Å². The molecular weight excluding hydrogens is 246 g/mol. The molecule has 0 fully saturated rings. The topological polar surface area (TPSA) is 32.3 Å². The Morgan fingerprint density at radius 1 is 1.05 bits per heavy atom. The van der Waals surface area contributed by atoms with Crippen molar-refractivity contribution in [3.8, 4) is 0 Å². The monoisotopic (exact) mass is 269 g/mol. The summed E-state index contributed by atoms with van der Waals surface area (Å²) in [5.74, 6) is 0. The summed E-state index contributed by atoms with van der Waals surface area (Å²) in [6, 6.07) is 17.2. The summed E-state index contributed by atoms with van der Waals surface area (Å²) in [6.07, 6.45) is 0.772. The molecule has 2 N–H and O–H groups in total. The van der Waals surface area contributed by atoms with Crippen LogP contribution >= 0.6 is 0 Å². The van der Waals surface area contributed by atoms with E-state index in [1.54, 1.807) is 0 Å². The molecule has 0 aliphatic carbocycles. The first-order chi connectivity index (χ1) is 9.72. The molecule has 2 heteroatoms. The predicted octanol–water partition coefficient (Wildman–Crippen LogP) is 3.36. The van der Waals surface area contributed by atoms with Gasteiger partial charge in [0.2, 0.25) is 0 Å². The van der Waals surface area contributed by atoms with Gasteiger partial charge >= 0.3 is 0 Å². The first kappa shape index (κ1) is 14.8. The van der Waals surface area contributed by atoms with Crippen molar-refractivity contribution in [1.29, 1.82) is 0 Å². The van der Waals surface area contributed by atoms with Crippen molar-refractivity contribution in [1.82, 2.24) is 5.32 Å². The summed E-state index contributed by atoms with van der Waals surface area (Å²) in [5.41, 5.74) is 5.14. The molecule has 106 valence electrons. The van der Waals surface area contributed by atoms with E-state index < -0.39 is 0 Å². The fourth-order valence-corrected chi connectivity index (χ4v) is 2.45. The SMILES string of the molecule is Cc1ccc(C)c(C(NCCCO)c2ccccc2)c1. The van der Waals surface area contributed by atoms with Crippen LogP contribution in [0.2, 0.25) is 0 Å². The Kier molecular flexibility index (Phi) is 5.33. The first-order valence-corrected chi connectivity index (χ1v) is 7.18. The van der Waals surface area contributed by atoms with E-state index in [0.29, 0.717) is 0 Å². The molecular formula is C18H23NO. The average Bonchev–Trinajstić information content (AvgIpc) is 2.48. The maximum Gasteiger partial charge on any atom is 0.0579 e. The largest absolute Gasteiger partial charge is 0.396 e. The third-order valence-corrected chi connectivity index (χ3v) is 3.56. The Labute approximate surface area is 121 Å². The lowest BCUT2D eigenvalue weighted by Gasteiger charge is -2.22. The van der Waals surface area contributed by atoms with Crippen LogP contribution in [-0.2, 0) is 0 Å². The van der Waals surface area contributed by atoms with Crippen LogP contribution in [0.4, 0.5) is 0 Å². The van der Waals surface area contributed by atoms with Crippen molar-refractivity contribution in [2.24, 2.45) is 0 Å². The molecule has 0 spiro atoms. The van der Waals surface area contributed by atoms with E-state index in [1.807, 2.05) is 6.07 Å². The molecule has 1 unspecified atom stereocenters. The maximum absolute atomic E-state index is 8.98. The number of rotatable bonds is 6. The zero-order valence-corrected chi connectivity index (χ0v) is 12.3. The summed E-state index contributed by atoms with van der Waals surface area (Å²) >= 11 is 0. The second-order valence-electron chi connectivity index (χ2n) is 5.24. The van der Waals surface area contributed by atoms with E-state index in [9.17, 15) is 0 Å². The van der Waals surface area contributed by atoms with Crippen LogP contribution < -0.4 is 5.32 Å². The van der Waals surface area contributed by atoms with Crippen LogP contribution in [-0.4, -0.2) is 18.3 Å². The fraction of sp³-hybridized carbons (Fsp3) is 0.333. The lowest BCUT2D eigenvalue weighted by Crippen LogP contribution is -2.25. The van der Waals surface area contributed by atoms with Crippen LogP contribution in [0.1, 0.15) is 34.7 Å². The Bertz CT molecular complexity index is 536. The molecule has 0 radical (unpaired) electrons. The van der Waals surface area contributed by atoms with Gasteiger partial charge in [-0.3, -0.25) is 0 Å². The highest BCUT2D eigenvalue weighted by atomic mass is 16.3. The minimum Gasteiger partial charge on any atom is -0.396 e. The van der Waals surface area contributed by atoms with E-state index in [-0.39, 0.29) is 12.6 Å². The summed E-state index contributed by atoms with van der Waals surface area (Å²) in [4.78, 5) is 0. The van der Waals surface area contributed by atoms with Gasteiger partial charge in [0.25, 0.3) is 0 Å². The highest BCUT2D eigenvalue weighted by Crippen LogP contribution is 2.25. The molecule has 20 heavy (non-hydrogen) atoms. The van der Waals surface area contributed by atoms with Crippen molar-refractivity contribution >= 4 is 0 Å². The van der Waals surface area contributed by atoms with Crippen LogP contribution in [0.5, 0.6) is 0 Å². The fourth-order valence-electron chi connectivity index (χ4n) is 2.45. The summed E-state index contributed by atoms with van der Waals surface area (Å²) in [6.45, 7) is 5.31. The molecule has 2 aromatic carbocycles. The summed E-state index contributed by atoms with van der Waals surface area (Å²) in [7, 11) is 0. The van der Waals surface area contributed by atoms with Crippen molar-refractivity contribution in [3.63, 3.8) is 0 Å². The van der Waals surface area contributed by atoms with Crippen LogP contribution in [0.25, 0.3) is 0 Å². The lowest BCUT2D eigenvalue weighted by atomic mass is 9.93. The second-order valence-corrected chi connectivity index (χ2v) is 5.24. The molecule has 0 aromatic heterocycles. The highest BCUT2D eigenvalue weighted by Gasteiger charge is 2.15. The average molecular weight is 269 g/mol. The van der Waals surface area contributed by atoms with E-state index in [1.165, 1.54) is 22.3 Å². The van der Waals surface area contributed by atoms with Gasteiger partial charge in [0.15, 0.2) is 0 Å². The minimum absolute atomic E-state index is 0.183. The van der Waals surface area contributed by atoms with Crippen molar-refractivity contribution < 1.29 is 5.11 Å². The molecule has 0 bridgehead atoms. The van der Waals surface area contributed by atoms with Gasteiger partial charge in [-0.1, -0.05) is 54.1 Å². The summed E-state index contributed by atoms with van der Waals surface area (Å²) < 4.78 is 0. The quantitative estimate of drug-likeness (QED) is 0.788. The number of aliphatic hydroxyl groups is 1. The standard InChI is InChI=1S/C18H23NO/c1-14-9-10-15(2)17(13-14)18(19-11-6-12-20)16-7-4-3-5-8-16/h3-5,7-10,13,18-20H,6,11-12H2,1-2H3. The Morgan fingerprint density at radius 2 is 1.80 bits per heavy atom. The third-order valence-electron chi connectivity index (χ3n) is 3.56. The Hall–Kier alpha value is -1.64. The smallest absolute Gasteiger partial charge is 0.0579 e. The van der Waals surface area contributed by atoms with Gasteiger partial charge < -0.3 is 10.4 Å². The highest BCUT2D eigenvalue weighted by molar-refractivity contribution is 5.39. The van der Waals surface area contributed by atoms with Crippen LogP contribution in [0.15, 0.2) is 48.5 Å². The molecule has 0 heterocycles. The second kappa shape index (κ2) is 7.22. The number of aliphatic hydroxyl groups excluding tert-OH is 1. The van der Waals surface area contributed by atoms with Gasteiger partial charge in [-0.2, -0.15) is 0 Å². The van der Waals surface area contributed by atoms with Crippen molar-refractivity contribution in [2.75, 3.05) is 13.2 Å². The number of aryl methyl sites for hydroxylation is 2. The first-order valence-electron chi connectivity index (χ1n) is 7.18. The van der Waals surface area contributed by atoms with Gasteiger partial charge in [-0.15, -0.1) is 0 Å². The van der Waals surface area contributed by atoms with Crippen molar-refractivity contribution in [3.05, 3.63) is 70.8 Å². The lowest BCUT2D eigenvalue weighted by molar-refractivity contribution is 0.284. The third kappa shape index (κ3) is 3.69. The molecule has 2 nitrogen and oxygen atoms in total. The van der Waals surface area contributed by atoms with E-state index in [2.05, 4.69) is 61.6 Å². The van der Waals surface area contributed by atoms with Gasteiger partial charge in [-0.05, 0) is 43.5 Å². The van der Waals surface area contributed by atoms with Gasteiger partial charge in [-0.25, -0.2) is 0 Å². The van der Waals surface area contributed by atoms with Gasteiger partial charge in [0.1, 0.15) is 0 Å². The Morgan fingerprint density at radius 3 is 2.50 bits per heavy atom. The zero-order valence-electron chi connectivity index (χ0n) is 12.3. The van der Waals surface area contributed by atoms with E-state index in [0.717, 1.165) is 13.0 Å².